The van der Waals surface area contributed by atoms with Gasteiger partial charge < -0.3 is 0 Å². The van der Waals surface area contributed by atoms with Crippen LogP contribution in [0.3, 0.4) is 0 Å². The fourth-order valence-corrected chi connectivity index (χ4v) is 17.5. The fourth-order valence-electron chi connectivity index (χ4n) is 9.83. The van der Waals surface area contributed by atoms with E-state index in [1.807, 2.05) is 0 Å². The normalized spacial score (nSPS) is 12.0. The van der Waals surface area contributed by atoms with Crippen molar-refractivity contribution < 1.29 is 0 Å². The van der Waals surface area contributed by atoms with Crippen LogP contribution in [0.5, 0.6) is 0 Å². The minimum Gasteiger partial charge on any atom is -0.0994 e. The highest BCUT2D eigenvalue weighted by Gasteiger charge is 2.24. The number of unbranched alkanes of at least 4 members (excludes halogenated alkanes) is 44. The Hall–Kier alpha value is 0.860. The van der Waals surface area contributed by atoms with Gasteiger partial charge in [0.05, 0.1) is 0 Å². The maximum Gasteiger partial charge on any atom is -0.00342 e. The topological polar surface area (TPSA) is 0 Å². The first-order valence-corrected chi connectivity index (χ1v) is 32.7. The van der Waals surface area contributed by atoms with Gasteiger partial charge in [-0.25, -0.2) is 0 Å². The summed E-state index contributed by atoms with van der Waals surface area (Å²) in [6, 6.07) is 0. The Morgan fingerprint density at radius 3 is 0.433 bits per heavy atom. The average molecular weight is 880 g/mol. The predicted octanol–water partition coefficient (Wildman–Crippen LogP) is 23.1. The third-order valence-electron chi connectivity index (χ3n) is 14.3. The van der Waals surface area contributed by atoms with E-state index >= 15 is 0 Å². The van der Waals surface area contributed by atoms with Crippen LogP contribution in [-0.2, 0) is 0 Å². The Labute approximate surface area is 387 Å². The summed E-state index contributed by atoms with van der Waals surface area (Å²) in [5.41, 5.74) is 0. The molecule has 0 amide bonds. The molecule has 362 valence electrons. The van der Waals surface area contributed by atoms with Crippen LogP contribution in [0.4, 0.5) is 0 Å². The molecule has 0 aliphatic rings. The monoisotopic (exact) mass is 879 g/mol. The van der Waals surface area contributed by atoms with Crippen molar-refractivity contribution in [3.05, 3.63) is 0 Å². The van der Waals surface area contributed by atoms with Gasteiger partial charge in [-0.15, -0.1) is 0 Å². The van der Waals surface area contributed by atoms with Crippen molar-refractivity contribution in [2.24, 2.45) is 0 Å². The van der Waals surface area contributed by atoms with Gasteiger partial charge in [0, 0.05) is 0 Å². The summed E-state index contributed by atoms with van der Waals surface area (Å²) >= 11 is 0. The van der Waals surface area contributed by atoms with Gasteiger partial charge in [-0.2, -0.15) is 0 Å². The van der Waals surface area contributed by atoms with Crippen LogP contribution < -0.4 is 0 Å². The summed E-state index contributed by atoms with van der Waals surface area (Å²) in [6.07, 6.45) is 77.8. The third kappa shape index (κ3) is 46.8. The van der Waals surface area contributed by atoms with Crippen LogP contribution in [0, 0.1) is 0 Å². The molecule has 0 saturated carbocycles. The number of hydrogen-bond acceptors (Lipinski definition) is 0. The quantitative estimate of drug-likeness (QED) is 0.0422. The van der Waals surface area contributed by atoms with Crippen LogP contribution in [0.2, 0.25) is 0 Å². The van der Waals surface area contributed by atoms with Crippen LogP contribution in [0.1, 0.15) is 343 Å². The lowest BCUT2D eigenvalue weighted by Gasteiger charge is -2.33. The standard InChI is InChI=1S/C58H120P2/c1-6-10-14-18-22-26-30-34-38-42-46-50-54-59(55-51-47-43-39-35-31-27-23-19-15-11-7-2)58(5)60(56-52-48-44-40-36-32-28-24-20-16-12-8-3)57-53-49-45-41-37-33-29-25-21-17-13-9-4/h58H,6-57H2,1-5H3. The number of hydrogen-bond donors (Lipinski definition) is 0. The molecule has 60 heavy (non-hydrogen) atoms. The van der Waals surface area contributed by atoms with Crippen LogP contribution in [0.25, 0.3) is 0 Å². The zero-order valence-corrected chi connectivity index (χ0v) is 45.0. The molecule has 0 aromatic carbocycles. The first-order chi connectivity index (χ1) is 29.7. The molecular weight excluding hydrogens is 759 g/mol. The van der Waals surface area contributed by atoms with Gasteiger partial charge in [-0.3, -0.25) is 0 Å². The van der Waals surface area contributed by atoms with E-state index in [-0.39, 0.29) is 15.8 Å². The van der Waals surface area contributed by atoms with Crippen LogP contribution in [0.15, 0.2) is 0 Å². The molecule has 0 aliphatic carbocycles. The molecule has 0 aliphatic heterocycles. The van der Waals surface area contributed by atoms with Crippen molar-refractivity contribution in [2.45, 2.75) is 348 Å². The number of rotatable bonds is 54. The molecule has 2 heteroatoms. The summed E-state index contributed by atoms with van der Waals surface area (Å²) in [5, 5.41) is 1.07. The van der Waals surface area contributed by atoms with Crippen molar-refractivity contribution >= 4 is 15.8 Å². The predicted molar refractivity (Wildman–Crippen MR) is 287 cm³/mol. The molecule has 0 fully saturated rings. The molecule has 0 atom stereocenters. The van der Waals surface area contributed by atoms with E-state index in [0.29, 0.717) is 0 Å². The SMILES string of the molecule is CCCCCCCCCCCCCCP(CCCCCCCCCCCCCC)C(C)P(CCCCCCCCCCCCCC)CCCCCCCCCCCCCC. The van der Waals surface area contributed by atoms with Gasteiger partial charge in [0.25, 0.3) is 0 Å². The van der Waals surface area contributed by atoms with Gasteiger partial charge in [-0.05, 0) is 55.7 Å². The molecule has 0 heterocycles. The molecule has 0 radical (unpaired) electrons. The van der Waals surface area contributed by atoms with E-state index in [4.69, 9.17) is 0 Å². The molecule has 0 spiro atoms. The van der Waals surface area contributed by atoms with Crippen molar-refractivity contribution in [1.29, 1.82) is 0 Å². The van der Waals surface area contributed by atoms with Crippen molar-refractivity contribution in [1.82, 2.24) is 0 Å². The van der Waals surface area contributed by atoms with Crippen LogP contribution >= 0.6 is 15.8 Å². The van der Waals surface area contributed by atoms with E-state index < -0.39 is 0 Å². The first kappa shape index (κ1) is 60.9. The van der Waals surface area contributed by atoms with Gasteiger partial charge in [0.15, 0.2) is 0 Å². The second-order valence-corrected chi connectivity index (χ2v) is 26.4. The van der Waals surface area contributed by atoms with E-state index in [1.54, 1.807) is 50.3 Å². The Balaban J connectivity index is 4.95. The van der Waals surface area contributed by atoms with Crippen molar-refractivity contribution in [3.8, 4) is 0 Å². The molecule has 0 saturated heterocycles. The van der Waals surface area contributed by atoms with E-state index in [2.05, 4.69) is 34.6 Å². The molecule has 0 unspecified atom stereocenters. The highest BCUT2D eigenvalue weighted by atomic mass is 31.2. The Bertz CT molecular complexity index is 620. The summed E-state index contributed by atoms with van der Waals surface area (Å²) in [6.45, 7) is 12.2. The van der Waals surface area contributed by atoms with Gasteiger partial charge in [0.2, 0.25) is 0 Å². The maximum absolute atomic E-state index is 2.82. The maximum atomic E-state index is 2.82. The summed E-state index contributed by atoms with van der Waals surface area (Å²) in [4.78, 5) is 0. The lowest BCUT2D eigenvalue weighted by atomic mass is 10.1. The smallest absolute Gasteiger partial charge is 0.00342 e. The van der Waals surface area contributed by atoms with Crippen molar-refractivity contribution in [2.75, 3.05) is 24.6 Å². The van der Waals surface area contributed by atoms with Crippen LogP contribution in [-0.4, -0.2) is 30.0 Å². The van der Waals surface area contributed by atoms with Gasteiger partial charge in [0.1, 0.15) is 0 Å². The lowest BCUT2D eigenvalue weighted by molar-refractivity contribution is 0.547. The molecule has 0 rings (SSSR count). The third-order valence-corrected chi connectivity index (χ3v) is 21.9. The van der Waals surface area contributed by atoms with E-state index in [1.165, 1.54) is 283 Å². The largest absolute Gasteiger partial charge is 0.0994 e. The second-order valence-electron chi connectivity index (χ2n) is 20.3. The summed E-state index contributed by atoms with van der Waals surface area (Å²) < 4.78 is 0. The zero-order chi connectivity index (χ0) is 43.5. The summed E-state index contributed by atoms with van der Waals surface area (Å²) in [5.74, 6) is 0. The Kier molecular flexibility index (Phi) is 55.0. The van der Waals surface area contributed by atoms with Gasteiger partial charge in [-0.1, -0.05) is 333 Å². The van der Waals surface area contributed by atoms with Crippen molar-refractivity contribution in [3.63, 3.8) is 0 Å². The first-order valence-electron chi connectivity index (χ1n) is 29.2. The van der Waals surface area contributed by atoms with E-state index in [9.17, 15) is 0 Å². The molecular formula is C58H120P2. The molecule has 0 aromatic rings. The minimum absolute atomic E-state index is 0.211. The molecule has 0 nitrogen and oxygen atoms in total. The lowest BCUT2D eigenvalue weighted by Crippen LogP contribution is -2.09. The minimum atomic E-state index is 0.211. The zero-order valence-electron chi connectivity index (χ0n) is 43.2. The Morgan fingerprint density at radius 2 is 0.300 bits per heavy atom. The second kappa shape index (κ2) is 54.2. The molecule has 0 N–H and O–H groups in total. The Morgan fingerprint density at radius 1 is 0.183 bits per heavy atom. The average Bonchev–Trinajstić information content (AvgIpc) is 3.26. The van der Waals surface area contributed by atoms with E-state index in [0.717, 1.165) is 5.40 Å². The highest BCUT2D eigenvalue weighted by Crippen LogP contribution is 2.59. The molecule has 0 bridgehead atoms. The summed E-state index contributed by atoms with van der Waals surface area (Å²) in [7, 11) is 0.422. The molecule has 0 aromatic heterocycles. The van der Waals surface area contributed by atoms with Gasteiger partial charge >= 0.3 is 0 Å². The fraction of sp³-hybridized carbons (Fsp3) is 1.00. The highest BCUT2D eigenvalue weighted by molar-refractivity contribution is 7.75.